The van der Waals surface area contributed by atoms with Crippen molar-refractivity contribution in [3.05, 3.63) is 47.9 Å². The summed E-state index contributed by atoms with van der Waals surface area (Å²) >= 11 is 0. The van der Waals surface area contributed by atoms with Gasteiger partial charge in [0.2, 0.25) is 5.88 Å². The van der Waals surface area contributed by atoms with Gasteiger partial charge in [-0.05, 0) is 19.1 Å². The van der Waals surface area contributed by atoms with E-state index in [4.69, 9.17) is 8.94 Å². The molecule has 2 aromatic heterocycles. The van der Waals surface area contributed by atoms with Gasteiger partial charge in [0.05, 0.1) is 5.69 Å². The smallest absolute Gasteiger partial charge is 0.293 e. The van der Waals surface area contributed by atoms with Gasteiger partial charge in [0.1, 0.15) is 5.58 Å². The van der Waals surface area contributed by atoms with E-state index in [-0.39, 0.29) is 11.7 Å². The van der Waals surface area contributed by atoms with E-state index in [1.165, 1.54) is 0 Å². The summed E-state index contributed by atoms with van der Waals surface area (Å²) in [5, 5.41) is 7.15. The third-order valence-corrected chi connectivity index (χ3v) is 2.51. The van der Waals surface area contributed by atoms with Gasteiger partial charge in [-0.25, -0.2) is 0 Å². The van der Waals surface area contributed by atoms with Crippen molar-refractivity contribution in [1.29, 1.82) is 0 Å². The van der Waals surface area contributed by atoms with Crippen molar-refractivity contribution in [2.45, 2.75) is 6.92 Å². The van der Waals surface area contributed by atoms with E-state index in [0.29, 0.717) is 17.2 Å². The Bertz CT molecular complexity index is 679. The van der Waals surface area contributed by atoms with Gasteiger partial charge >= 0.3 is 0 Å². The number of anilines is 1. The number of fused-ring (bicyclic) bond motifs is 1. The molecule has 0 aliphatic rings. The van der Waals surface area contributed by atoms with Crippen LogP contribution in [0.5, 0.6) is 0 Å². The van der Waals surface area contributed by atoms with E-state index in [0.717, 1.165) is 5.39 Å². The Labute approximate surface area is 102 Å². The Kier molecular flexibility index (Phi) is 2.37. The summed E-state index contributed by atoms with van der Waals surface area (Å²) in [6.07, 6.45) is 0. The number of amides is 1. The van der Waals surface area contributed by atoms with Crippen LogP contribution in [-0.2, 0) is 0 Å². The molecule has 0 fully saturated rings. The van der Waals surface area contributed by atoms with Crippen molar-refractivity contribution < 1.29 is 13.7 Å². The number of nitrogens with zero attached hydrogens (tertiary/aromatic N) is 1. The number of hydrogen-bond acceptors (Lipinski definition) is 4. The highest BCUT2D eigenvalue weighted by molar-refractivity contribution is 6.03. The summed E-state index contributed by atoms with van der Waals surface area (Å²) in [5.74, 6) is 0.186. The first-order valence-corrected chi connectivity index (χ1v) is 5.45. The lowest BCUT2D eigenvalue weighted by Gasteiger charge is -1.95. The monoisotopic (exact) mass is 242 g/mol. The summed E-state index contributed by atoms with van der Waals surface area (Å²) in [6, 6.07) is 10.8. The normalized spacial score (nSPS) is 10.7. The van der Waals surface area contributed by atoms with Crippen molar-refractivity contribution >= 4 is 22.8 Å². The summed E-state index contributed by atoms with van der Waals surface area (Å²) < 4.78 is 10.3. The van der Waals surface area contributed by atoms with Crippen LogP contribution in [0.3, 0.4) is 0 Å². The molecule has 3 aromatic rings. The summed E-state index contributed by atoms with van der Waals surface area (Å²) in [4.78, 5) is 11.9. The molecule has 0 unspecified atom stereocenters. The Morgan fingerprint density at radius 3 is 2.83 bits per heavy atom. The van der Waals surface area contributed by atoms with Gasteiger partial charge in [0.25, 0.3) is 5.91 Å². The van der Waals surface area contributed by atoms with Crippen LogP contribution in [0.25, 0.3) is 11.0 Å². The maximum Gasteiger partial charge on any atom is 0.293 e. The molecule has 1 amide bonds. The highest BCUT2D eigenvalue weighted by Crippen LogP contribution is 2.20. The molecule has 90 valence electrons. The number of aryl methyl sites for hydroxylation is 1. The molecular formula is C13H10N2O3. The van der Waals surface area contributed by atoms with E-state index >= 15 is 0 Å². The molecule has 5 heteroatoms. The molecule has 0 atom stereocenters. The molecule has 0 aliphatic heterocycles. The third kappa shape index (κ3) is 1.86. The van der Waals surface area contributed by atoms with Crippen molar-refractivity contribution in [2.24, 2.45) is 0 Å². The number of carbonyl (C=O) groups excluding carboxylic acids is 1. The summed E-state index contributed by atoms with van der Waals surface area (Å²) in [6.45, 7) is 1.78. The average Bonchev–Trinajstić information content (AvgIpc) is 2.95. The zero-order valence-corrected chi connectivity index (χ0v) is 9.64. The fourth-order valence-electron chi connectivity index (χ4n) is 1.69. The van der Waals surface area contributed by atoms with Gasteiger partial charge in [0, 0.05) is 11.5 Å². The van der Waals surface area contributed by atoms with Gasteiger partial charge in [-0.2, -0.15) is 0 Å². The minimum absolute atomic E-state index is 0.241. The number of hydrogen-bond donors (Lipinski definition) is 1. The van der Waals surface area contributed by atoms with Crippen LogP contribution in [0.1, 0.15) is 16.2 Å². The maximum atomic E-state index is 11.9. The number of nitrogens with one attached hydrogen (secondary N) is 1. The van der Waals surface area contributed by atoms with E-state index in [9.17, 15) is 4.79 Å². The molecule has 0 saturated carbocycles. The third-order valence-electron chi connectivity index (χ3n) is 2.51. The van der Waals surface area contributed by atoms with Gasteiger partial charge in [-0.15, -0.1) is 0 Å². The van der Waals surface area contributed by atoms with Gasteiger partial charge in [0.15, 0.2) is 5.76 Å². The Morgan fingerprint density at radius 1 is 1.28 bits per heavy atom. The zero-order chi connectivity index (χ0) is 12.5. The van der Waals surface area contributed by atoms with Crippen molar-refractivity contribution in [1.82, 2.24) is 5.16 Å². The molecule has 0 radical (unpaired) electrons. The first kappa shape index (κ1) is 10.6. The molecule has 0 bridgehead atoms. The predicted molar refractivity (Wildman–Crippen MR) is 65.4 cm³/mol. The van der Waals surface area contributed by atoms with Crippen molar-refractivity contribution in [2.75, 3.05) is 5.32 Å². The second-order valence-corrected chi connectivity index (χ2v) is 3.94. The van der Waals surface area contributed by atoms with Crippen LogP contribution in [0, 0.1) is 6.92 Å². The average molecular weight is 242 g/mol. The van der Waals surface area contributed by atoms with Gasteiger partial charge < -0.3 is 8.94 Å². The maximum absolute atomic E-state index is 11.9. The van der Waals surface area contributed by atoms with Crippen molar-refractivity contribution in [3.8, 4) is 0 Å². The minimum atomic E-state index is -0.359. The molecule has 1 aromatic carbocycles. The second-order valence-electron chi connectivity index (χ2n) is 3.94. The largest absolute Gasteiger partial charge is 0.451 e. The molecule has 5 nitrogen and oxygen atoms in total. The lowest BCUT2D eigenvalue weighted by molar-refractivity contribution is 0.0995. The van der Waals surface area contributed by atoms with Crippen molar-refractivity contribution in [3.63, 3.8) is 0 Å². The molecule has 1 N–H and O–H groups in total. The number of carbonyl (C=O) groups is 1. The van der Waals surface area contributed by atoms with Crippen LogP contribution < -0.4 is 5.32 Å². The van der Waals surface area contributed by atoms with Crippen LogP contribution >= 0.6 is 0 Å². The lowest BCUT2D eigenvalue weighted by atomic mass is 10.2. The van der Waals surface area contributed by atoms with Crippen LogP contribution in [-0.4, -0.2) is 11.1 Å². The van der Waals surface area contributed by atoms with E-state index in [1.54, 1.807) is 19.1 Å². The molecule has 18 heavy (non-hydrogen) atoms. The zero-order valence-electron chi connectivity index (χ0n) is 9.64. The highest BCUT2D eigenvalue weighted by atomic mass is 16.5. The molecule has 2 heterocycles. The quantitative estimate of drug-likeness (QED) is 0.750. The predicted octanol–water partition coefficient (Wildman–Crippen LogP) is 2.98. The first-order valence-electron chi connectivity index (χ1n) is 5.45. The molecule has 0 aliphatic carbocycles. The fraction of sp³-hybridized carbons (Fsp3) is 0.0769. The van der Waals surface area contributed by atoms with E-state index in [1.807, 2.05) is 24.3 Å². The summed E-state index contributed by atoms with van der Waals surface area (Å²) in [7, 11) is 0. The molecule has 3 rings (SSSR count). The number of rotatable bonds is 2. The molecular weight excluding hydrogens is 232 g/mol. The number of para-hydroxylation sites is 1. The number of benzene rings is 1. The highest BCUT2D eigenvalue weighted by Gasteiger charge is 2.14. The second kappa shape index (κ2) is 4.03. The minimum Gasteiger partial charge on any atom is -0.451 e. The topological polar surface area (TPSA) is 68.3 Å². The fourth-order valence-corrected chi connectivity index (χ4v) is 1.69. The van der Waals surface area contributed by atoms with Crippen LogP contribution in [0.2, 0.25) is 0 Å². The first-order chi connectivity index (χ1) is 8.72. The summed E-state index contributed by atoms with van der Waals surface area (Å²) in [5.41, 5.74) is 1.38. The Balaban J connectivity index is 1.87. The van der Waals surface area contributed by atoms with Gasteiger partial charge in [-0.3, -0.25) is 10.1 Å². The SMILES string of the molecule is Cc1cc(NC(=O)c2cc3ccccc3o2)on1. The Morgan fingerprint density at radius 2 is 2.11 bits per heavy atom. The number of furan rings is 1. The lowest BCUT2D eigenvalue weighted by Crippen LogP contribution is -2.09. The van der Waals surface area contributed by atoms with Crippen LogP contribution in [0.15, 0.2) is 45.3 Å². The Hall–Kier alpha value is -2.56. The molecule has 0 spiro atoms. The standard InChI is InChI=1S/C13H10N2O3/c1-8-6-12(18-15-8)14-13(16)11-7-9-4-2-3-5-10(9)17-11/h2-7H,1H3,(H,14,16). The van der Waals surface area contributed by atoms with Gasteiger partial charge in [-0.1, -0.05) is 23.4 Å². The van der Waals surface area contributed by atoms with E-state index < -0.39 is 0 Å². The molecule has 0 saturated heterocycles. The van der Waals surface area contributed by atoms with E-state index in [2.05, 4.69) is 10.5 Å². The number of aromatic nitrogens is 1. The van der Waals surface area contributed by atoms with Crippen LogP contribution in [0.4, 0.5) is 5.88 Å².